The van der Waals surface area contributed by atoms with Gasteiger partial charge in [-0.05, 0) is 116 Å². The van der Waals surface area contributed by atoms with Crippen molar-refractivity contribution < 1.29 is 118 Å². The van der Waals surface area contributed by atoms with Crippen molar-refractivity contribution in [3.8, 4) is 0 Å². The van der Waals surface area contributed by atoms with Crippen LogP contribution >= 0.6 is 0 Å². The molecule has 4 saturated carbocycles. The molecule has 8 fully saturated rings. The molecule has 12 N–H and O–H groups in total. The molecule has 0 amide bonds. The van der Waals surface area contributed by atoms with Crippen LogP contribution in [0.3, 0.4) is 0 Å². The molecule has 5 aliphatic carbocycles. The molecule has 0 radical (unpaired) electrons. The Labute approximate surface area is 465 Å². The molecule has 0 aromatic rings. The lowest BCUT2D eigenvalue weighted by atomic mass is 9.33. The minimum Gasteiger partial charge on any atom is -0.479 e. The first-order chi connectivity index (χ1) is 37.3. The Bertz CT molecular complexity index is 2300. The Balaban J connectivity index is 0.952. The van der Waals surface area contributed by atoms with Crippen LogP contribution in [-0.4, -0.2) is 221 Å². The second-order valence-corrected chi connectivity index (χ2v) is 26.9. The van der Waals surface area contributed by atoms with Crippen LogP contribution in [0.15, 0.2) is 11.6 Å². The molecule has 0 aromatic heterocycles. The van der Waals surface area contributed by atoms with Crippen molar-refractivity contribution in [2.24, 2.45) is 50.2 Å². The highest BCUT2D eigenvalue weighted by molar-refractivity contribution is 5.79. The van der Waals surface area contributed by atoms with Crippen LogP contribution in [0.25, 0.3) is 0 Å². The Morgan fingerprint density at radius 2 is 1.21 bits per heavy atom. The summed E-state index contributed by atoms with van der Waals surface area (Å²) < 4.78 is 52.9. The van der Waals surface area contributed by atoms with Crippen LogP contribution in [-0.2, 0) is 57.0 Å². The molecule has 0 bridgehead atoms. The van der Waals surface area contributed by atoms with Crippen molar-refractivity contribution in [1.82, 2.24) is 0 Å². The summed E-state index contributed by atoms with van der Waals surface area (Å²) >= 11 is 0. The number of fused-ring (bicyclic) bond motifs is 7. The number of rotatable bonds is 12. The lowest BCUT2D eigenvalue weighted by Crippen LogP contribution is -2.67. The van der Waals surface area contributed by atoms with E-state index in [4.69, 9.17) is 42.6 Å². The van der Waals surface area contributed by atoms with E-state index in [0.717, 1.165) is 19.8 Å². The molecule has 9 rings (SSSR count). The molecule has 28 unspecified atom stereocenters. The SMILES string of the molecule is CC(=O)OCC1OC(OC2C(OC(=O)C34CCC(C)(C)CC3C3=CCC5C6(C)CCC(OC7OC(C(=O)O)C(O)C(OC8OC(C)C(O)C(O)C8O)C7O)C(C)(C)C6CCC5(C)C3(C)CC4)OC(CO)C(O)C2O)C(O)C(O)C1O. The molecule has 80 heavy (non-hydrogen) atoms. The van der Waals surface area contributed by atoms with Crippen molar-refractivity contribution in [3.05, 3.63) is 11.6 Å². The molecule has 0 aromatic carbocycles. The molecule has 24 nitrogen and oxygen atoms in total. The number of carbonyl (C=O) groups excluding carboxylic acids is 2. The Morgan fingerprint density at radius 3 is 1.86 bits per heavy atom. The topological polar surface area (TPSA) is 377 Å². The van der Waals surface area contributed by atoms with Crippen LogP contribution < -0.4 is 0 Å². The summed E-state index contributed by atoms with van der Waals surface area (Å²) in [5.41, 5.74) is -1.61. The minimum atomic E-state index is -1.94. The molecule has 9 aliphatic rings. The average Bonchev–Trinajstić information content (AvgIpc) is 2.11. The van der Waals surface area contributed by atoms with Gasteiger partial charge >= 0.3 is 17.9 Å². The van der Waals surface area contributed by atoms with E-state index in [0.29, 0.717) is 51.4 Å². The number of esters is 2. The second-order valence-electron chi connectivity index (χ2n) is 26.9. The third kappa shape index (κ3) is 10.3. The number of aliphatic hydroxyl groups excluding tert-OH is 11. The van der Waals surface area contributed by atoms with Crippen molar-refractivity contribution in [2.75, 3.05) is 13.2 Å². The minimum absolute atomic E-state index is 0.0565. The van der Waals surface area contributed by atoms with E-state index < -0.39 is 176 Å². The van der Waals surface area contributed by atoms with Crippen LogP contribution in [0.2, 0.25) is 0 Å². The van der Waals surface area contributed by atoms with Gasteiger partial charge in [-0.25, -0.2) is 4.79 Å². The van der Waals surface area contributed by atoms with Crippen LogP contribution in [0.5, 0.6) is 0 Å². The predicted octanol–water partition coefficient (Wildman–Crippen LogP) is -0.345. The van der Waals surface area contributed by atoms with Gasteiger partial charge in [0.1, 0.15) is 86.0 Å². The normalized spacial score (nSPS) is 51.7. The first-order valence-electron chi connectivity index (χ1n) is 28.6. The number of hydrogen-bond donors (Lipinski definition) is 12. The number of aliphatic hydroxyl groups is 11. The van der Waals surface area contributed by atoms with Gasteiger partial charge in [0, 0.05) is 6.92 Å². The summed E-state index contributed by atoms with van der Waals surface area (Å²) in [6.07, 6.45) is -25.8. The summed E-state index contributed by atoms with van der Waals surface area (Å²) in [6.45, 7) is 16.9. The molecule has 0 spiro atoms. The number of allylic oxidation sites excluding steroid dienone is 2. The predicted molar refractivity (Wildman–Crippen MR) is 271 cm³/mol. The smallest absolute Gasteiger partial charge is 0.335 e. The highest BCUT2D eigenvalue weighted by Gasteiger charge is 2.70. The van der Waals surface area contributed by atoms with E-state index in [1.54, 1.807) is 0 Å². The molecular weight excluding hydrogens is 1060 g/mol. The van der Waals surface area contributed by atoms with Crippen LogP contribution in [0.4, 0.5) is 0 Å². The summed E-state index contributed by atoms with van der Waals surface area (Å²) in [6, 6.07) is 0. The van der Waals surface area contributed by atoms with Gasteiger partial charge in [-0.2, -0.15) is 0 Å². The van der Waals surface area contributed by atoms with Gasteiger partial charge in [0.2, 0.25) is 6.29 Å². The maximum atomic E-state index is 15.4. The highest BCUT2D eigenvalue weighted by atomic mass is 16.8. The van der Waals surface area contributed by atoms with E-state index in [9.17, 15) is 70.9 Å². The van der Waals surface area contributed by atoms with E-state index >= 15 is 4.79 Å². The number of hydrogen-bond acceptors (Lipinski definition) is 23. The molecule has 4 heterocycles. The zero-order valence-corrected chi connectivity index (χ0v) is 47.2. The Morgan fingerprint density at radius 1 is 0.613 bits per heavy atom. The van der Waals surface area contributed by atoms with Crippen LogP contribution in [0, 0.1) is 50.2 Å². The van der Waals surface area contributed by atoms with Gasteiger partial charge in [-0.3, -0.25) is 9.59 Å². The van der Waals surface area contributed by atoms with E-state index in [1.807, 2.05) is 0 Å². The van der Waals surface area contributed by atoms with Crippen molar-refractivity contribution in [1.29, 1.82) is 0 Å². The zero-order chi connectivity index (χ0) is 58.7. The standard InChI is InChI=1S/C56H88O24/c1-23-32(59)35(62)38(65)46(73-23)77-42-40(67)43(45(69)70)78-48(41(42)68)76-31-13-14-53(7)29(52(31,5)6)12-15-55(9)30(53)11-10-25-26-20-51(3,4)16-18-56(26,19-17-54(25,55)8)50(71)80-49-44(37(64)33(60)27(21-57)74-49)79-47-39(66)36(63)34(61)28(75-47)22-72-24(2)58/h10,23,26-44,46-49,57,59-68H,11-22H2,1-9H3,(H,69,70). The molecule has 28 atom stereocenters. The fraction of sp³-hybridized carbons (Fsp3) is 0.911. The van der Waals surface area contributed by atoms with Gasteiger partial charge in [-0.1, -0.05) is 60.1 Å². The third-order valence-corrected chi connectivity index (χ3v) is 21.6. The van der Waals surface area contributed by atoms with Crippen molar-refractivity contribution in [3.63, 3.8) is 0 Å². The molecule has 4 saturated heterocycles. The number of carbonyl (C=O) groups is 3. The summed E-state index contributed by atoms with van der Waals surface area (Å²) in [4.78, 5) is 39.5. The fourth-order valence-corrected chi connectivity index (χ4v) is 16.6. The second kappa shape index (κ2) is 22.4. The van der Waals surface area contributed by atoms with E-state index in [2.05, 4.69) is 54.5 Å². The van der Waals surface area contributed by atoms with Gasteiger partial charge in [0.25, 0.3) is 0 Å². The van der Waals surface area contributed by atoms with Crippen molar-refractivity contribution >= 4 is 17.9 Å². The van der Waals surface area contributed by atoms with Gasteiger partial charge in [0.15, 0.2) is 31.1 Å². The molecule has 4 aliphatic heterocycles. The number of aliphatic carboxylic acids is 1. The fourth-order valence-electron chi connectivity index (χ4n) is 16.6. The number of carboxylic acids is 1. The summed E-state index contributed by atoms with van der Waals surface area (Å²) in [5, 5.41) is 130. The first kappa shape index (κ1) is 62.0. The van der Waals surface area contributed by atoms with E-state index in [-0.39, 0.29) is 34.0 Å². The lowest BCUT2D eigenvalue weighted by molar-refractivity contribution is -0.364. The Hall–Kier alpha value is -2.57. The summed E-state index contributed by atoms with van der Waals surface area (Å²) in [5.74, 6) is -2.97. The summed E-state index contributed by atoms with van der Waals surface area (Å²) in [7, 11) is 0. The molecule has 456 valence electrons. The largest absolute Gasteiger partial charge is 0.479 e. The average molecular weight is 1150 g/mol. The highest BCUT2D eigenvalue weighted by Crippen LogP contribution is 2.76. The van der Waals surface area contributed by atoms with Crippen molar-refractivity contribution in [2.45, 2.75) is 255 Å². The van der Waals surface area contributed by atoms with Gasteiger partial charge < -0.3 is 104 Å². The lowest BCUT2D eigenvalue weighted by Gasteiger charge is -2.71. The maximum Gasteiger partial charge on any atom is 0.335 e. The molecular formula is C56H88O24. The Kier molecular flexibility index (Phi) is 17.3. The first-order valence-corrected chi connectivity index (χ1v) is 28.6. The van der Waals surface area contributed by atoms with Crippen LogP contribution in [0.1, 0.15) is 127 Å². The number of carboxylic acid groups (broad SMARTS) is 1. The zero-order valence-electron chi connectivity index (χ0n) is 47.2. The quantitative estimate of drug-likeness (QED) is 0.0675. The van der Waals surface area contributed by atoms with Gasteiger partial charge in [0.05, 0.1) is 24.2 Å². The third-order valence-electron chi connectivity index (χ3n) is 21.6. The monoisotopic (exact) mass is 1140 g/mol. The maximum absolute atomic E-state index is 15.4. The van der Waals surface area contributed by atoms with Gasteiger partial charge in [-0.15, -0.1) is 0 Å². The molecule has 24 heteroatoms. The van der Waals surface area contributed by atoms with E-state index in [1.165, 1.54) is 12.5 Å². The number of ether oxygens (including phenoxy) is 9.